The number of hydrogen-bond acceptors (Lipinski definition) is 6. The van der Waals surface area contributed by atoms with Crippen molar-refractivity contribution in [1.29, 1.82) is 0 Å². The molecule has 160 valence electrons. The number of anilines is 1. The van der Waals surface area contributed by atoms with Gasteiger partial charge < -0.3 is 10.1 Å². The molecular formula is C26H18N4O2S. The highest BCUT2D eigenvalue weighted by Crippen LogP contribution is 2.41. The van der Waals surface area contributed by atoms with Gasteiger partial charge in [0, 0.05) is 29.2 Å². The van der Waals surface area contributed by atoms with Crippen LogP contribution in [0, 0.1) is 0 Å². The molecule has 5 aromatic rings. The zero-order valence-electron chi connectivity index (χ0n) is 17.5. The fraction of sp³-hybridized carbons (Fsp3) is 0.0769. The van der Waals surface area contributed by atoms with Crippen molar-refractivity contribution in [3.63, 3.8) is 0 Å². The Balaban J connectivity index is 1.50. The number of aromatic nitrogens is 3. The maximum Gasteiger partial charge on any atom is 0.232 e. The second-order valence-corrected chi connectivity index (χ2v) is 8.59. The molecule has 0 bridgehead atoms. The van der Waals surface area contributed by atoms with Crippen LogP contribution in [0.25, 0.3) is 32.9 Å². The molecule has 0 spiro atoms. The van der Waals surface area contributed by atoms with Gasteiger partial charge in [0.05, 0.1) is 5.39 Å². The second kappa shape index (κ2) is 8.11. The van der Waals surface area contributed by atoms with Gasteiger partial charge in [-0.1, -0.05) is 36.4 Å². The van der Waals surface area contributed by atoms with Gasteiger partial charge in [-0.15, -0.1) is 11.3 Å². The number of nitrogens with one attached hydrogen (secondary N) is 1. The van der Waals surface area contributed by atoms with Crippen LogP contribution < -0.4 is 10.1 Å². The molecule has 33 heavy (non-hydrogen) atoms. The fourth-order valence-corrected chi connectivity index (χ4v) is 4.90. The first-order valence-corrected chi connectivity index (χ1v) is 11.5. The van der Waals surface area contributed by atoms with Gasteiger partial charge in [0.25, 0.3) is 0 Å². The van der Waals surface area contributed by atoms with Gasteiger partial charge >= 0.3 is 0 Å². The molecule has 1 amide bonds. The Morgan fingerprint density at radius 2 is 1.82 bits per heavy atom. The van der Waals surface area contributed by atoms with Crippen molar-refractivity contribution >= 4 is 33.1 Å². The molecule has 0 unspecified atom stereocenters. The summed E-state index contributed by atoms with van der Waals surface area (Å²) >= 11 is 1.56. The first-order chi connectivity index (χ1) is 16.2. The Morgan fingerprint density at radius 1 is 0.939 bits per heavy atom. The van der Waals surface area contributed by atoms with Gasteiger partial charge in [0.15, 0.2) is 5.82 Å². The van der Waals surface area contributed by atoms with E-state index in [2.05, 4.69) is 27.8 Å². The molecule has 7 heteroatoms. The Labute approximate surface area is 193 Å². The smallest absolute Gasteiger partial charge is 0.232 e. The number of hydrogen-bond donors (Lipinski definition) is 1. The van der Waals surface area contributed by atoms with Crippen LogP contribution in [0.3, 0.4) is 0 Å². The molecule has 0 atom stereocenters. The maximum atomic E-state index is 11.7. The average molecular weight is 451 g/mol. The third kappa shape index (κ3) is 3.72. The molecule has 0 saturated carbocycles. The summed E-state index contributed by atoms with van der Waals surface area (Å²) in [5.74, 6) is 1.71. The topological polar surface area (TPSA) is 77.0 Å². The van der Waals surface area contributed by atoms with Crippen LogP contribution in [0.5, 0.6) is 11.6 Å². The number of carbonyl (C=O) groups excluding carboxylic acids is 1. The van der Waals surface area contributed by atoms with E-state index in [0.29, 0.717) is 36.0 Å². The summed E-state index contributed by atoms with van der Waals surface area (Å²) in [6, 6.07) is 21.5. The minimum absolute atomic E-state index is 0.0412. The monoisotopic (exact) mass is 450 g/mol. The van der Waals surface area contributed by atoms with E-state index in [0.717, 1.165) is 32.6 Å². The number of benzene rings is 2. The van der Waals surface area contributed by atoms with Crippen LogP contribution in [0.1, 0.15) is 12.0 Å². The van der Waals surface area contributed by atoms with Crippen molar-refractivity contribution in [2.75, 3.05) is 5.32 Å². The molecule has 0 radical (unpaired) electrons. The third-order valence-electron chi connectivity index (χ3n) is 5.57. The first kappa shape index (κ1) is 19.6. The highest BCUT2D eigenvalue weighted by Gasteiger charge is 2.20. The number of carbonyl (C=O) groups is 1. The lowest BCUT2D eigenvalue weighted by Crippen LogP contribution is -2.18. The summed E-state index contributed by atoms with van der Waals surface area (Å²) in [7, 11) is 0. The SMILES string of the molecule is O=C1CCc2cc(Oc3nc(-c4ccccn4)nc4scc(-c5ccccc5)c34)ccc2N1. The standard InChI is InChI=1S/C26H18N4O2S/c31-22-12-9-17-14-18(10-11-20(17)28-22)32-25-23-19(16-6-2-1-3-7-16)15-33-26(23)30-24(29-25)21-8-4-5-13-27-21/h1-8,10-11,13-15H,9,12H2,(H,28,31). The number of ether oxygens (including phenoxy) is 1. The van der Waals surface area contributed by atoms with Gasteiger partial charge in [-0.3, -0.25) is 9.78 Å². The number of nitrogens with zero attached hydrogens (tertiary/aromatic N) is 3. The van der Waals surface area contributed by atoms with Crippen molar-refractivity contribution in [2.45, 2.75) is 12.8 Å². The van der Waals surface area contributed by atoms with Gasteiger partial charge in [-0.2, -0.15) is 4.98 Å². The average Bonchev–Trinajstić information content (AvgIpc) is 3.30. The molecule has 1 aliphatic heterocycles. The molecule has 2 aromatic carbocycles. The van der Waals surface area contributed by atoms with Crippen LogP contribution in [-0.4, -0.2) is 20.9 Å². The van der Waals surface area contributed by atoms with Crippen LogP contribution in [-0.2, 0) is 11.2 Å². The van der Waals surface area contributed by atoms with E-state index < -0.39 is 0 Å². The lowest BCUT2D eigenvalue weighted by atomic mass is 10.0. The third-order valence-corrected chi connectivity index (χ3v) is 6.44. The van der Waals surface area contributed by atoms with E-state index >= 15 is 0 Å². The Morgan fingerprint density at radius 3 is 2.67 bits per heavy atom. The number of aryl methyl sites for hydroxylation is 1. The van der Waals surface area contributed by atoms with Crippen molar-refractivity contribution in [1.82, 2.24) is 15.0 Å². The van der Waals surface area contributed by atoms with Gasteiger partial charge in [-0.25, -0.2) is 4.98 Å². The van der Waals surface area contributed by atoms with Crippen molar-refractivity contribution < 1.29 is 9.53 Å². The number of fused-ring (bicyclic) bond motifs is 2. The fourth-order valence-electron chi connectivity index (χ4n) is 3.96. The number of amides is 1. The van der Waals surface area contributed by atoms with E-state index in [1.807, 2.05) is 54.6 Å². The number of rotatable bonds is 4. The van der Waals surface area contributed by atoms with Crippen LogP contribution in [0.15, 0.2) is 78.3 Å². The highest BCUT2D eigenvalue weighted by atomic mass is 32.1. The minimum atomic E-state index is 0.0412. The maximum absolute atomic E-state index is 11.7. The summed E-state index contributed by atoms with van der Waals surface area (Å²) in [4.78, 5) is 26.5. The molecule has 1 N–H and O–H groups in total. The second-order valence-electron chi connectivity index (χ2n) is 7.73. The molecule has 6 rings (SSSR count). The quantitative estimate of drug-likeness (QED) is 0.358. The normalized spacial score (nSPS) is 12.9. The summed E-state index contributed by atoms with van der Waals surface area (Å²) in [5, 5.41) is 5.87. The zero-order chi connectivity index (χ0) is 22.2. The molecule has 3 aromatic heterocycles. The van der Waals surface area contributed by atoms with Crippen molar-refractivity contribution in [2.24, 2.45) is 0 Å². The summed E-state index contributed by atoms with van der Waals surface area (Å²) in [6.07, 6.45) is 2.89. The van der Waals surface area contributed by atoms with Gasteiger partial charge in [0.2, 0.25) is 11.8 Å². The van der Waals surface area contributed by atoms with Crippen LogP contribution in [0.4, 0.5) is 5.69 Å². The molecular weight excluding hydrogens is 432 g/mol. The summed E-state index contributed by atoms with van der Waals surface area (Å²) in [6.45, 7) is 0. The van der Waals surface area contributed by atoms with E-state index in [4.69, 9.17) is 14.7 Å². The lowest BCUT2D eigenvalue weighted by Gasteiger charge is -2.17. The molecule has 0 fully saturated rings. The van der Waals surface area contributed by atoms with Crippen LogP contribution >= 0.6 is 11.3 Å². The van der Waals surface area contributed by atoms with E-state index in [-0.39, 0.29) is 5.91 Å². The summed E-state index contributed by atoms with van der Waals surface area (Å²) < 4.78 is 6.38. The summed E-state index contributed by atoms with van der Waals surface area (Å²) in [5.41, 5.74) is 4.68. The number of thiophene rings is 1. The van der Waals surface area contributed by atoms with E-state index in [1.54, 1.807) is 17.5 Å². The Kier molecular flexibility index (Phi) is 4.81. The lowest BCUT2D eigenvalue weighted by molar-refractivity contribution is -0.116. The molecule has 4 heterocycles. The molecule has 1 aliphatic rings. The van der Waals surface area contributed by atoms with E-state index in [9.17, 15) is 4.79 Å². The molecule has 0 saturated heterocycles. The predicted octanol–water partition coefficient (Wildman–Crippen LogP) is 6.10. The Hall–Kier alpha value is -4.10. The van der Waals surface area contributed by atoms with Gasteiger partial charge in [0.1, 0.15) is 16.3 Å². The van der Waals surface area contributed by atoms with Gasteiger partial charge in [-0.05, 0) is 47.9 Å². The zero-order valence-corrected chi connectivity index (χ0v) is 18.3. The van der Waals surface area contributed by atoms with E-state index in [1.165, 1.54) is 0 Å². The predicted molar refractivity (Wildman–Crippen MR) is 130 cm³/mol. The largest absolute Gasteiger partial charge is 0.438 e. The Bertz CT molecular complexity index is 1480. The van der Waals surface area contributed by atoms with Crippen molar-refractivity contribution in [3.05, 3.63) is 83.9 Å². The first-order valence-electron chi connectivity index (χ1n) is 10.6. The molecule has 0 aliphatic carbocycles. The van der Waals surface area contributed by atoms with Crippen molar-refractivity contribution in [3.8, 4) is 34.3 Å². The highest BCUT2D eigenvalue weighted by molar-refractivity contribution is 7.17. The van der Waals surface area contributed by atoms with Crippen LogP contribution in [0.2, 0.25) is 0 Å². The molecule has 6 nitrogen and oxygen atoms in total. The number of pyridine rings is 1. The minimum Gasteiger partial charge on any atom is -0.438 e.